The van der Waals surface area contributed by atoms with Crippen LogP contribution in [0.4, 0.5) is 5.69 Å². The zero-order valence-electron chi connectivity index (χ0n) is 11.2. The molecule has 0 unspecified atom stereocenters. The number of benzene rings is 1. The summed E-state index contributed by atoms with van der Waals surface area (Å²) in [4.78, 5) is 24.6. The van der Waals surface area contributed by atoms with Crippen LogP contribution in [0.3, 0.4) is 0 Å². The van der Waals surface area contributed by atoms with Gasteiger partial charge in [0.2, 0.25) is 0 Å². The van der Waals surface area contributed by atoms with Crippen LogP contribution < -0.4 is 16.7 Å². The number of nitrogen functional groups attached to an aromatic ring is 1. The lowest BCUT2D eigenvalue weighted by atomic mass is 9.98. The van der Waals surface area contributed by atoms with Gasteiger partial charge >= 0.3 is 5.63 Å². The second-order valence-electron chi connectivity index (χ2n) is 5.16. The maximum Gasteiger partial charge on any atom is 0.347 e. The van der Waals surface area contributed by atoms with Gasteiger partial charge in [-0.2, -0.15) is 0 Å². The molecule has 1 fully saturated rings. The maximum atomic E-state index is 12.5. The summed E-state index contributed by atoms with van der Waals surface area (Å²) in [6.07, 6.45) is 1.71. The highest BCUT2D eigenvalue weighted by atomic mass is 16.4. The van der Waals surface area contributed by atoms with Crippen LogP contribution in [0.1, 0.15) is 28.8 Å². The van der Waals surface area contributed by atoms with E-state index in [9.17, 15) is 9.59 Å². The third-order valence-corrected chi connectivity index (χ3v) is 3.81. The Kier molecular flexibility index (Phi) is 3.06. The van der Waals surface area contributed by atoms with Crippen molar-refractivity contribution in [3.63, 3.8) is 0 Å². The average molecular weight is 272 g/mol. The molecule has 1 atom stereocenters. The van der Waals surface area contributed by atoms with Gasteiger partial charge in [0.15, 0.2) is 5.78 Å². The molecule has 1 aromatic heterocycles. The van der Waals surface area contributed by atoms with E-state index >= 15 is 0 Å². The van der Waals surface area contributed by atoms with Gasteiger partial charge < -0.3 is 15.5 Å². The molecule has 3 rings (SSSR count). The molecule has 1 aromatic carbocycles. The van der Waals surface area contributed by atoms with Gasteiger partial charge in [0, 0.05) is 17.1 Å². The molecule has 20 heavy (non-hydrogen) atoms. The van der Waals surface area contributed by atoms with Crippen LogP contribution in [0.2, 0.25) is 0 Å². The summed E-state index contributed by atoms with van der Waals surface area (Å²) in [5.41, 5.74) is 6.86. The lowest BCUT2D eigenvalue weighted by Crippen LogP contribution is -2.34. The highest BCUT2D eigenvalue weighted by Gasteiger charge is 2.28. The minimum absolute atomic E-state index is 0.154. The molecule has 0 saturated carbocycles. The number of Topliss-reactive ketones (excluding diaryl/α,β-unsaturated/α-hetero) is 1. The van der Waals surface area contributed by atoms with E-state index in [1.807, 2.05) is 0 Å². The van der Waals surface area contributed by atoms with Crippen molar-refractivity contribution in [2.24, 2.45) is 0 Å². The molecule has 3 N–H and O–H groups in total. The van der Waals surface area contributed by atoms with E-state index in [-0.39, 0.29) is 17.4 Å². The number of fused-ring (bicyclic) bond motifs is 1. The summed E-state index contributed by atoms with van der Waals surface area (Å²) in [5, 5.41) is 3.87. The highest BCUT2D eigenvalue weighted by molar-refractivity contribution is 6.04. The van der Waals surface area contributed by atoms with Crippen molar-refractivity contribution in [1.82, 2.24) is 5.32 Å². The van der Waals surface area contributed by atoms with Crippen molar-refractivity contribution in [1.29, 1.82) is 0 Å². The summed E-state index contributed by atoms with van der Waals surface area (Å²) in [6.45, 7) is 2.59. The van der Waals surface area contributed by atoms with Crippen molar-refractivity contribution in [2.45, 2.75) is 25.8 Å². The number of hydrogen-bond acceptors (Lipinski definition) is 5. The van der Waals surface area contributed by atoms with Gasteiger partial charge in [-0.15, -0.1) is 0 Å². The van der Waals surface area contributed by atoms with E-state index < -0.39 is 5.63 Å². The summed E-state index contributed by atoms with van der Waals surface area (Å²) in [6, 6.07) is 4.84. The first-order valence-electron chi connectivity index (χ1n) is 6.68. The maximum absolute atomic E-state index is 12.5. The fourth-order valence-electron chi connectivity index (χ4n) is 2.74. The summed E-state index contributed by atoms with van der Waals surface area (Å²) in [7, 11) is 0. The van der Waals surface area contributed by atoms with E-state index in [0.717, 1.165) is 24.8 Å². The first kappa shape index (κ1) is 12.9. The largest absolute Gasteiger partial charge is 0.422 e. The Morgan fingerprint density at radius 3 is 2.95 bits per heavy atom. The zero-order chi connectivity index (χ0) is 14.3. The summed E-state index contributed by atoms with van der Waals surface area (Å²) >= 11 is 0. The number of nitrogens with one attached hydrogen (secondary N) is 1. The van der Waals surface area contributed by atoms with Crippen LogP contribution in [0.15, 0.2) is 27.4 Å². The Morgan fingerprint density at radius 1 is 1.45 bits per heavy atom. The number of anilines is 1. The molecular weight excluding hydrogens is 256 g/mol. The Hall–Kier alpha value is -2.14. The molecule has 1 saturated heterocycles. The second kappa shape index (κ2) is 4.76. The van der Waals surface area contributed by atoms with Crippen LogP contribution in [-0.4, -0.2) is 18.4 Å². The van der Waals surface area contributed by atoms with E-state index in [0.29, 0.717) is 16.8 Å². The molecule has 1 aliphatic heterocycles. The normalized spacial score (nSPS) is 18.6. The molecule has 0 radical (unpaired) electrons. The lowest BCUT2D eigenvalue weighted by molar-refractivity contribution is 0.0948. The minimum atomic E-state index is -0.584. The second-order valence-corrected chi connectivity index (χ2v) is 5.16. The molecule has 0 bridgehead atoms. The monoisotopic (exact) mass is 272 g/mol. The fourth-order valence-corrected chi connectivity index (χ4v) is 2.74. The van der Waals surface area contributed by atoms with Gasteiger partial charge in [-0.25, -0.2) is 4.79 Å². The third kappa shape index (κ3) is 2.00. The third-order valence-electron chi connectivity index (χ3n) is 3.81. The predicted molar refractivity (Wildman–Crippen MR) is 77.0 cm³/mol. The number of aryl methyl sites for hydroxylation is 1. The smallest absolute Gasteiger partial charge is 0.347 e. The zero-order valence-corrected chi connectivity index (χ0v) is 11.2. The summed E-state index contributed by atoms with van der Waals surface area (Å²) in [5.74, 6) is -0.174. The van der Waals surface area contributed by atoms with Gasteiger partial charge in [-0.05, 0) is 44.0 Å². The van der Waals surface area contributed by atoms with Crippen LogP contribution in [0.25, 0.3) is 11.0 Å². The molecule has 1 aliphatic rings. The molecule has 104 valence electrons. The van der Waals surface area contributed by atoms with Crippen molar-refractivity contribution < 1.29 is 9.21 Å². The number of carbonyl (C=O) groups is 1. The topological polar surface area (TPSA) is 85.3 Å². The van der Waals surface area contributed by atoms with E-state index in [4.69, 9.17) is 10.2 Å². The lowest BCUT2D eigenvalue weighted by Gasteiger charge is -2.11. The molecule has 0 spiro atoms. The standard InChI is InChI=1S/C15H16N2O3/c1-8-10-5-4-9(16)7-12(10)20-15(19)13(8)14(18)11-3-2-6-17-11/h4-5,7,11,17H,2-3,6,16H2,1H3/t11-/m0/s1. The number of rotatable bonds is 2. The van der Waals surface area contributed by atoms with Crippen LogP contribution in [0, 0.1) is 6.92 Å². The molecule has 5 nitrogen and oxygen atoms in total. The minimum Gasteiger partial charge on any atom is -0.422 e. The SMILES string of the molecule is Cc1c(C(=O)[C@@H]2CCCN2)c(=O)oc2cc(N)ccc12. The Balaban J connectivity index is 2.18. The quantitative estimate of drug-likeness (QED) is 0.493. The number of carbonyl (C=O) groups excluding carboxylic acids is 1. The number of ketones is 1. The van der Waals surface area contributed by atoms with Gasteiger partial charge in [-0.3, -0.25) is 4.79 Å². The molecule has 5 heteroatoms. The van der Waals surface area contributed by atoms with E-state index in [1.165, 1.54) is 0 Å². The van der Waals surface area contributed by atoms with Crippen molar-refractivity contribution in [2.75, 3.05) is 12.3 Å². The van der Waals surface area contributed by atoms with Crippen molar-refractivity contribution in [3.05, 3.63) is 39.7 Å². The van der Waals surface area contributed by atoms with Crippen LogP contribution in [-0.2, 0) is 0 Å². The van der Waals surface area contributed by atoms with E-state index in [2.05, 4.69) is 5.32 Å². The van der Waals surface area contributed by atoms with Gasteiger partial charge in [0.05, 0.1) is 6.04 Å². The number of nitrogens with two attached hydrogens (primary N) is 1. The summed E-state index contributed by atoms with van der Waals surface area (Å²) < 4.78 is 5.25. The van der Waals surface area contributed by atoms with Crippen molar-refractivity contribution >= 4 is 22.4 Å². The Bertz CT molecular complexity index is 743. The van der Waals surface area contributed by atoms with Gasteiger partial charge in [0.25, 0.3) is 0 Å². The molecular formula is C15H16N2O3. The molecule has 0 amide bonds. The molecule has 2 aromatic rings. The van der Waals surface area contributed by atoms with Crippen LogP contribution in [0.5, 0.6) is 0 Å². The highest BCUT2D eigenvalue weighted by Crippen LogP contribution is 2.23. The predicted octanol–water partition coefficient (Wildman–Crippen LogP) is 1.62. The first-order chi connectivity index (χ1) is 9.58. The molecule has 2 heterocycles. The average Bonchev–Trinajstić information content (AvgIpc) is 2.91. The molecule has 0 aliphatic carbocycles. The Labute approximate surface area is 115 Å². The number of hydrogen-bond donors (Lipinski definition) is 2. The van der Waals surface area contributed by atoms with Crippen LogP contribution >= 0.6 is 0 Å². The van der Waals surface area contributed by atoms with Gasteiger partial charge in [-0.1, -0.05) is 0 Å². The first-order valence-corrected chi connectivity index (χ1v) is 6.68. The van der Waals surface area contributed by atoms with Gasteiger partial charge in [0.1, 0.15) is 11.1 Å². The van der Waals surface area contributed by atoms with E-state index in [1.54, 1.807) is 25.1 Å². The fraction of sp³-hybridized carbons (Fsp3) is 0.333. The Morgan fingerprint density at radius 2 is 2.25 bits per heavy atom. The van der Waals surface area contributed by atoms with Crippen molar-refractivity contribution in [3.8, 4) is 0 Å².